The maximum Gasteiger partial charge on any atom is 0.307 e. The first-order chi connectivity index (χ1) is 8.86. The van der Waals surface area contributed by atoms with Crippen LogP contribution in [-0.4, -0.2) is 55.2 Å². The van der Waals surface area contributed by atoms with Crippen molar-refractivity contribution < 1.29 is 27.9 Å². The van der Waals surface area contributed by atoms with Gasteiger partial charge >= 0.3 is 11.9 Å². The van der Waals surface area contributed by atoms with Gasteiger partial charge < -0.3 is 9.84 Å². The van der Waals surface area contributed by atoms with Crippen molar-refractivity contribution in [2.24, 2.45) is 5.92 Å². The van der Waals surface area contributed by atoms with Gasteiger partial charge in [0, 0.05) is 13.1 Å². The second-order valence-corrected chi connectivity index (χ2v) is 6.49. The van der Waals surface area contributed by atoms with Crippen LogP contribution < -0.4 is 0 Å². The van der Waals surface area contributed by atoms with Crippen molar-refractivity contribution in [1.82, 2.24) is 4.31 Å². The molecule has 1 aliphatic rings. The zero-order valence-electron chi connectivity index (χ0n) is 10.9. The number of sulfonamides is 1. The largest absolute Gasteiger partial charge is 0.481 e. The molecule has 0 saturated carbocycles. The molecule has 0 aromatic carbocycles. The summed E-state index contributed by atoms with van der Waals surface area (Å²) in [5, 5.41) is 8.91. The summed E-state index contributed by atoms with van der Waals surface area (Å²) in [6, 6.07) is 0. The second kappa shape index (κ2) is 6.85. The van der Waals surface area contributed by atoms with Gasteiger partial charge in [-0.1, -0.05) is 0 Å². The van der Waals surface area contributed by atoms with E-state index in [2.05, 4.69) is 4.74 Å². The highest BCUT2D eigenvalue weighted by Gasteiger charge is 2.32. The fourth-order valence-corrected chi connectivity index (χ4v) is 3.47. The van der Waals surface area contributed by atoms with Gasteiger partial charge in [0.2, 0.25) is 10.0 Å². The molecule has 0 radical (unpaired) electrons. The molecular weight excluding hydrogens is 274 g/mol. The summed E-state index contributed by atoms with van der Waals surface area (Å²) in [5.41, 5.74) is 0. The van der Waals surface area contributed by atoms with E-state index in [1.54, 1.807) is 6.92 Å². The topological polar surface area (TPSA) is 101 Å². The molecule has 0 aromatic rings. The number of carbonyl (C=O) groups excluding carboxylic acids is 1. The van der Waals surface area contributed by atoms with Gasteiger partial charge in [0.1, 0.15) is 0 Å². The van der Waals surface area contributed by atoms with E-state index in [0.717, 1.165) is 4.31 Å². The van der Waals surface area contributed by atoms with E-state index in [1.807, 2.05) is 0 Å². The maximum atomic E-state index is 12.0. The molecule has 0 aromatic heterocycles. The maximum absolute atomic E-state index is 12.0. The highest BCUT2D eigenvalue weighted by atomic mass is 32.2. The molecule has 1 saturated heterocycles. The minimum Gasteiger partial charge on any atom is -0.481 e. The molecule has 0 aliphatic carbocycles. The lowest BCUT2D eigenvalue weighted by molar-refractivity contribution is -0.143. The summed E-state index contributed by atoms with van der Waals surface area (Å²) in [7, 11) is -3.59. The summed E-state index contributed by atoms with van der Waals surface area (Å²) in [6.45, 7) is 2.16. The Balaban J connectivity index is 2.56. The van der Waals surface area contributed by atoms with Crippen LogP contribution in [0, 0.1) is 5.92 Å². The Morgan fingerprint density at radius 2 is 2.11 bits per heavy atom. The van der Waals surface area contributed by atoms with E-state index in [0.29, 0.717) is 19.4 Å². The van der Waals surface area contributed by atoms with Crippen molar-refractivity contribution in [2.45, 2.75) is 26.2 Å². The van der Waals surface area contributed by atoms with Gasteiger partial charge in [0.15, 0.2) is 0 Å². The second-order valence-electron chi connectivity index (χ2n) is 4.41. The van der Waals surface area contributed by atoms with E-state index in [9.17, 15) is 18.0 Å². The van der Waals surface area contributed by atoms with E-state index in [1.165, 1.54) is 0 Å². The van der Waals surface area contributed by atoms with Crippen LogP contribution in [-0.2, 0) is 24.3 Å². The third-order valence-corrected chi connectivity index (χ3v) is 4.83. The third-order valence-electron chi connectivity index (χ3n) is 3.00. The van der Waals surface area contributed by atoms with Crippen LogP contribution in [0.15, 0.2) is 0 Å². The smallest absolute Gasteiger partial charge is 0.307 e. The number of carboxylic acid groups (broad SMARTS) is 1. The van der Waals surface area contributed by atoms with E-state index >= 15 is 0 Å². The SMILES string of the molecule is CCOC(=O)CCS(=O)(=O)N1CCC[C@@H](C(=O)O)C1. The number of piperidine rings is 1. The molecule has 0 bridgehead atoms. The monoisotopic (exact) mass is 293 g/mol. The molecule has 1 N–H and O–H groups in total. The predicted molar refractivity (Wildman–Crippen MR) is 67.0 cm³/mol. The summed E-state index contributed by atoms with van der Waals surface area (Å²) in [4.78, 5) is 22.0. The lowest BCUT2D eigenvalue weighted by Crippen LogP contribution is -2.43. The average molecular weight is 293 g/mol. The van der Waals surface area contributed by atoms with Gasteiger partial charge in [-0.3, -0.25) is 9.59 Å². The first-order valence-corrected chi connectivity index (χ1v) is 7.84. The molecule has 8 heteroatoms. The molecule has 7 nitrogen and oxygen atoms in total. The van der Waals surface area contributed by atoms with Crippen molar-refractivity contribution in [3.8, 4) is 0 Å². The molecule has 0 spiro atoms. The van der Waals surface area contributed by atoms with E-state index in [4.69, 9.17) is 5.11 Å². The number of carboxylic acids is 1. The Labute approximate surface area is 112 Å². The van der Waals surface area contributed by atoms with Crippen molar-refractivity contribution in [2.75, 3.05) is 25.4 Å². The van der Waals surface area contributed by atoms with Crippen LogP contribution in [0.25, 0.3) is 0 Å². The van der Waals surface area contributed by atoms with Gasteiger partial charge in [0.25, 0.3) is 0 Å². The molecule has 1 rings (SSSR count). The van der Waals surface area contributed by atoms with E-state index < -0.39 is 27.9 Å². The zero-order valence-corrected chi connectivity index (χ0v) is 11.7. The Hall–Kier alpha value is -1.15. The first-order valence-electron chi connectivity index (χ1n) is 6.23. The number of ether oxygens (including phenoxy) is 1. The van der Waals surface area contributed by atoms with Crippen LogP contribution in [0.5, 0.6) is 0 Å². The molecule has 1 fully saturated rings. The van der Waals surface area contributed by atoms with Crippen molar-refractivity contribution in [1.29, 1.82) is 0 Å². The summed E-state index contributed by atoms with van der Waals surface area (Å²) in [5.74, 6) is -2.53. The number of hydrogen-bond donors (Lipinski definition) is 1. The van der Waals surface area contributed by atoms with Gasteiger partial charge in [-0.25, -0.2) is 12.7 Å². The van der Waals surface area contributed by atoms with Gasteiger partial charge in [0.05, 0.1) is 24.7 Å². The third kappa shape index (κ3) is 4.79. The number of aliphatic carboxylic acids is 1. The summed E-state index contributed by atoms with van der Waals surface area (Å²) < 4.78 is 29.8. The number of hydrogen-bond acceptors (Lipinski definition) is 5. The minimum atomic E-state index is -3.59. The highest BCUT2D eigenvalue weighted by Crippen LogP contribution is 2.20. The molecule has 1 aliphatic heterocycles. The van der Waals surface area contributed by atoms with Crippen molar-refractivity contribution in [3.05, 3.63) is 0 Å². The lowest BCUT2D eigenvalue weighted by Gasteiger charge is -2.29. The Morgan fingerprint density at radius 3 is 2.68 bits per heavy atom. The average Bonchev–Trinajstić information content (AvgIpc) is 2.37. The fraction of sp³-hybridized carbons (Fsp3) is 0.818. The highest BCUT2D eigenvalue weighted by molar-refractivity contribution is 7.89. The zero-order chi connectivity index (χ0) is 14.5. The van der Waals surface area contributed by atoms with Gasteiger partial charge in [-0.05, 0) is 19.8 Å². The summed E-state index contributed by atoms with van der Waals surface area (Å²) in [6.07, 6.45) is 0.805. The summed E-state index contributed by atoms with van der Waals surface area (Å²) >= 11 is 0. The molecular formula is C11H19NO6S. The van der Waals surface area contributed by atoms with Crippen LogP contribution >= 0.6 is 0 Å². The molecule has 110 valence electrons. The molecule has 1 heterocycles. The Morgan fingerprint density at radius 1 is 1.42 bits per heavy atom. The van der Waals surface area contributed by atoms with Gasteiger partial charge in [-0.2, -0.15) is 0 Å². The fourth-order valence-electron chi connectivity index (χ4n) is 1.97. The van der Waals surface area contributed by atoms with Crippen LogP contribution in [0.1, 0.15) is 26.2 Å². The quantitative estimate of drug-likeness (QED) is 0.695. The minimum absolute atomic E-state index is 0.0134. The normalized spacial score (nSPS) is 21.0. The number of carbonyl (C=O) groups is 2. The van der Waals surface area contributed by atoms with Crippen LogP contribution in [0.2, 0.25) is 0 Å². The Kier molecular flexibility index (Phi) is 5.74. The number of rotatable bonds is 6. The molecule has 1 atom stereocenters. The van der Waals surface area contributed by atoms with Crippen LogP contribution in [0.4, 0.5) is 0 Å². The first kappa shape index (κ1) is 15.9. The lowest BCUT2D eigenvalue weighted by atomic mass is 10.0. The molecule has 0 amide bonds. The standard InChI is InChI=1S/C11H19NO6S/c1-2-18-10(13)5-7-19(16,17)12-6-3-4-9(8-12)11(14)15/h9H,2-8H2,1H3,(H,14,15)/t9-/m1/s1. The Bertz CT molecular complexity index is 432. The van der Waals surface area contributed by atoms with Crippen molar-refractivity contribution in [3.63, 3.8) is 0 Å². The predicted octanol–water partition coefficient (Wildman–Crippen LogP) is 0.0660. The number of esters is 1. The number of nitrogens with zero attached hydrogens (tertiary/aromatic N) is 1. The van der Waals surface area contributed by atoms with Gasteiger partial charge in [-0.15, -0.1) is 0 Å². The van der Waals surface area contributed by atoms with Crippen LogP contribution in [0.3, 0.4) is 0 Å². The van der Waals surface area contributed by atoms with Crippen molar-refractivity contribution >= 4 is 22.0 Å². The molecule has 19 heavy (non-hydrogen) atoms. The van der Waals surface area contributed by atoms with E-state index in [-0.39, 0.29) is 25.3 Å². The molecule has 0 unspecified atom stereocenters.